The molecule has 0 heterocycles. The molecular formula is C19H14N4O6. The SMILES string of the molecule is O=[N+]([O-])c1ccc(N=NC(c2ccccc2)c2cccc(O)c2O)c([N+](=O)[O-])c1. The molecule has 2 N–H and O–H groups in total. The Balaban J connectivity index is 2.10. The molecule has 1 unspecified atom stereocenters. The summed E-state index contributed by atoms with van der Waals surface area (Å²) in [5, 5.41) is 50.2. The second-order valence-electron chi connectivity index (χ2n) is 5.93. The van der Waals surface area contributed by atoms with Gasteiger partial charge in [-0.3, -0.25) is 20.2 Å². The molecule has 0 saturated carbocycles. The standard InChI is InChI=1S/C19H14N4O6/c24-17-8-4-7-14(19(17)25)18(12-5-2-1-3-6-12)21-20-15-10-9-13(22(26)27)11-16(15)23(28)29/h1-11,18,24-25H. The van der Waals surface area contributed by atoms with Gasteiger partial charge in [0.15, 0.2) is 17.2 Å². The summed E-state index contributed by atoms with van der Waals surface area (Å²) < 4.78 is 0. The Labute approximate surface area is 163 Å². The Hall–Kier alpha value is -4.34. The predicted molar refractivity (Wildman–Crippen MR) is 102 cm³/mol. The van der Waals surface area contributed by atoms with E-state index in [1.54, 1.807) is 30.3 Å². The zero-order chi connectivity index (χ0) is 21.0. The molecule has 0 aromatic heterocycles. The average molecular weight is 394 g/mol. The van der Waals surface area contributed by atoms with Crippen molar-refractivity contribution in [1.82, 2.24) is 0 Å². The summed E-state index contributed by atoms with van der Waals surface area (Å²) >= 11 is 0. The van der Waals surface area contributed by atoms with Crippen molar-refractivity contribution >= 4 is 17.1 Å². The van der Waals surface area contributed by atoms with Crippen molar-refractivity contribution in [2.24, 2.45) is 10.2 Å². The van der Waals surface area contributed by atoms with Crippen molar-refractivity contribution in [2.75, 3.05) is 0 Å². The lowest BCUT2D eigenvalue weighted by atomic mass is 9.98. The van der Waals surface area contributed by atoms with Crippen LogP contribution >= 0.6 is 0 Å². The van der Waals surface area contributed by atoms with Crippen LogP contribution in [0.5, 0.6) is 11.5 Å². The van der Waals surface area contributed by atoms with Crippen LogP contribution in [0.1, 0.15) is 17.2 Å². The summed E-state index contributed by atoms with van der Waals surface area (Å²) in [5.74, 6) is -0.738. The maximum atomic E-state index is 11.3. The smallest absolute Gasteiger partial charge is 0.303 e. The lowest BCUT2D eigenvalue weighted by molar-refractivity contribution is -0.393. The number of hydrogen-bond acceptors (Lipinski definition) is 8. The minimum absolute atomic E-state index is 0.179. The van der Waals surface area contributed by atoms with Gasteiger partial charge in [0.2, 0.25) is 0 Å². The van der Waals surface area contributed by atoms with Crippen molar-refractivity contribution in [3.63, 3.8) is 0 Å². The molecule has 3 aromatic rings. The predicted octanol–water partition coefficient (Wildman–Crippen LogP) is 4.79. The van der Waals surface area contributed by atoms with E-state index in [1.165, 1.54) is 18.2 Å². The summed E-state index contributed by atoms with van der Waals surface area (Å²) in [6.45, 7) is 0. The number of non-ortho nitro benzene ring substituents is 1. The lowest BCUT2D eigenvalue weighted by Gasteiger charge is -2.14. The van der Waals surface area contributed by atoms with E-state index in [0.717, 1.165) is 18.2 Å². The summed E-state index contributed by atoms with van der Waals surface area (Å²) in [4.78, 5) is 20.6. The maximum absolute atomic E-state index is 11.3. The van der Waals surface area contributed by atoms with Crippen LogP contribution in [-0.4, -0.2) is 20.1 Å². The van der Waals surface area contributed by atoms with Crippen molar-refractivity contribution < 1.29 is 20.1 Å². The molecule has 10 heteroatoms. The molecular weight excluding hydrogens is 380 g/mol. The Kier molecular flexibility index (Phi) is 5.44. The number of phenolic OH excluding ortho intramolecular Hbond substituents is 2. The Morgan fingerprint density at radius 1 is 0.862 bits per heavy atom. The first-order chi connectivity index (χ1) is 13.9. The quantitative estimate of drug-likeness (QED) is 0.265. The van der Waals surface area contributed by atoms with Crippen LogP contribution in [0.4, 0.5) is 17.1 Å². The number of phenols is 2. The normalized spacial score (nSPS) is 12.0. The number of azo groups is 1. The molecule has 1 atom stereocenters. The highest BCUT2D eigenvalue weighted by Crippen LogP contribution is 2.39. The molecule has 0 bridgehead atoms. The molecule has 0 fully saturated rings. The first-order valence-corrected chi connectivity index (χ1v) is 8.28. The molecule has 3 aromatic carbocycles. The van der Waals surface area contributed by atoms with E-state index in [1.807, 2.05) is 0 Å². The van der Waals surface area contributed by atoms with Crippen LogP contribution in [0.2, 0.25) is 0 Å². The van der Waals surface area contributed by atoms with Gasteiger partial charge in [-0.1, -0.05) is 42.5 Å². The minimum Gasteiger partial charge on any atom is -0.504 e. The molecule has 0 aliphatic rings. The summed E-state index contributed by atoms with van der Waals surface area (Å²) in [7, 11) is 0. The van der Waals surface area contributed by atoms with E-state index < -0.39 is 33.0 Å². The highest BCUT2D eigenvalue weighted by Gasteiger charge is 2.22. The van der Waals surface area contributed by atoms with Gasteiger partial charge in [0.25, 0.3) is 5.69 Å². The molecule has 0 aliphatic heterocycles. The van der Waals surface area contributed by atoms with Crippen LogP contribution in [0, 0.1) is 20.2 Å². The molecule has 0 radical (unpaired) electrons. The molecule has 146 valence electrons. The van der Waals surface area contributed by atoms with Gasteiger partial charge >= 0.3 is 5.69 Å². The zero-order valence-electron chi connectivity index (χ0n) is 14.7. The van der Waals surface area contributed by atoms with Crippen molar-refractivity contribution in [3.05, 3.63) is 98.1 Å². The van der Waals surface area contributed by atoms with Crippen LogP contribution in [0.3, 0.4) is 0 Å². The Morgan fingerprint density at radius 2 is 1.59 bits per heavy atom. The number of aromatic hydroxyl groups is 2. The summed E-state index contributed by atoms with van der Waals surface area (Å²) in [5.41, 5.74) is -0.344. The minimum atomic E-state index is -0.877. The average Bonchev–Trinajstić information content (AvgIpc) is 2.71. The second-order valence-corrected chi connectivity index (χ2v) is 5.93. The van der Waals surface area contributed by atoms with Crippen molar-refractivity contribution in [2.45, 2.75) is 6.04 Å². The van der Waals surface area contributed by atoms with Crippen LogP contribution in [0.25, 0.3) is 0 Å². The van der Waals surface area contributed by atoms with Gasteiger partial charge in [-0.25, -0.2) is 0 Å². The molecule has 29 heavy (non-hydrogen) atoms. The van der Waals surface area contributed by atoms with E-state index in [9.17, 15) is 30.4 Å². The Bertz CT molecular complexity index is 1100. The number of nitro groups is 2. The molecule has 0 saturated heterocycles. The van der Waals surface area contributed by atoms with Gasteiger partial charge in [0, 0.05) is 11.6 Å². The summed E-state index contributed by atoms with van der Waals surface area (Å²) in [6.07, 6.45) is 0. The second kappa shape index (κ2) is 8.13. The lowest BCUT2D eigenvalue weighted by Crippen LogP contribution is -1.98. The maximum Gasteiger partial charge on any atom is 0.303 e. The van der Waals surface area contributed by atoms with E-state index in [-0.39, 0.29) is 17.0 Å². The number of benzene rings is 3. The van der Waals surface area contributed by atoms with Gasteiger partial charge in [-0.2, -0.15) is 5.11 Å². The number of hydrogen-bond donors (Lipinski definition) is 2. The van der Waals surface area contributed by atoms with Gasteiger partial charge in [-0.15, -0.1) is 5.11 Å². The topological polar surface area (TPSA) is 151 Å². The highest BCUT2D eigenvalue weighted by molar-refractivity contribution is 5.61. The molecule has 0 amide bonds. The molecule has 3 rings (SSSR count). The largest absolute Gasteiger partial charge is 0.504 e. The van der Waals surface area contributed by atoms with E-state index in [4.69, 9.17) is 0 Å². The first kappa shape index (κ1) is 19.4. The van der Waals surface area contributed by atoms with Gasteiger partial charge in [-0.05, 0) is 17.7 Å². The zero-order valence-corrected chi connectivity index (χ0v) is 14.7. The van der Waals surface area contributed by atoms with E-state index in [0.29, 0.717) is 5.56 Å². The van der Waals surface area contributed by atoms with Gasteiger partial charge < -0.3 is 10.2 Å². The van der Waals surface area contributed by atoms with Crippen LogP contribution in [-0.2, 0) is 0 Å². The van der Waals surface area contributed by atoms with Gasteiger partial charge in [0.1, 0.15) is 6.04 Å². The number of nitro benzene ring substituents is 2. The highest BCUT2D eigenvalue weighted by atomic mass is 16.6. The molecule has 0 spiro atoms. The monoisotopic (exact) mass is 394 g/mol. The van der Waals surface area contributed by atoms with Gasteiger partial charge in [0.05, 0.1) is 15.9 Å². The first-order valence-electron chi connectivity index (χ1n) is 8.28. The van der Waals surface area contributed by atoms with E-state index >= 15 is 0 Å². The fraction of sp³-hybridized carbons (Fsp3) is 0.0526. The van der Waals surface area contributed by atoms with Crippen molar-refractivity contribution in [1.29, 1.82) is 0 Å². The van der Waals surface area contributed by atoms with Crippen LogP contribution in [0.15, 0.2) is 77.0 Å². The van der Waals surface area contributed by atoms with E-state index in [2.05, 4.69) is 10.2 Å². The van der Waals surface area contributed by atoms with Crippen LogP contribution < -0.4 is 0 Å². The Morgan fingerprint density at radius 3 is 2.24 bits per heavy atom. The molecule has 0 aliphatic carbocycles. The summed E-state index contributed by atoms with van der Waals surface area (Å²) in [6, 6.07) is 15.2. The van der Waals surface area contributed by atoms with Crippen molar-refractivity contribution in [3.8, 4) is 11.5 Å². The number of para-hydroxylation sites is 1. The number of nitrogens with zero attached hydrogens (tertiary/aromatic N) is 4. The fourth-order valence-electron chi connectivity index (χ4n) is 2.69. The third-order valence-corrected chi connectivity index (χ3v) is 4.10. The molecule has 10 nitrogen and oxygen atoms in total. The third kappa shape index (κ3) is 4.16. The fourth-order valence-corrected chi connectivity index (χ4v) is 2.69. The third-order valence-electron chi connectivity index (χ3n) is 4.10. The number of rotatable bonds is 6.